The molecule has 6 nitrogen and oxygen atoms in total. The first-order valence-corrected chi connectivity index (χ1v) is 5.73. The van der Waals surface area contributed by atoms with Crippen molar-refractivity contribution in [2.75, 3.05) is 33.4 Å². The number of hydrogen-bond donors (Lipinski definition) is 0. The summed E-state index contributed by atoms with van der Waals surface area (Å²) < 4.78 is 14.9. The molecule has 1 aliphatic rings. The van der Waals surface area contributed by atoms with E-state index in [4.69, 9.17) is 9.15 Å². The van der Waals surface area contributed by atoms with Gasteiger partial charge in [0.05, 0.1) is 26.7 Å². The molecule has 2 heterocycles. The summed E-state index contributed by atoms with van der Waals surface area (Å²) in [5.41, 5.74) is 0. The molecule has 2 rings (SSSR count). The molecule has 1 aromatic heterocycles. The molecule has 0 atom stereocenters. The number of carbonyl (C=O) groups excluding carboxylic acids is 2. The summed E-state index contributed by atoms with van der Waals surface area (Å²) in [6, 6.07) is 3.12. The monoisotopic (exact) mass is 253 g/mol. The van der Waals surface area contributed by atoms with Crippen molar-refractivity contribution in [3.63, 3.8) is 0 Å². The van der Waals surface area contributed by atoms with E-state index in [-0.39, 0.29) is 18.1 Å². The van der Waals surface area contributed by atoms with Gasteiger partial charge in [0, 0.05) is 13.1 Å². The number of esters is 1. The fourth-order valence-corrected chi connectivity index (χ4v) is 1.76. The fraction of sp³-hybridized carbons (Fsp3) is 0.500. The van der Waals surface area contributed by atoms with Gasteiger partial charge in [-0.15, -0.1) is 0 Å². The lowest BCUT2D eigenvalue weighted by Crippen LogP contribution is -2.41. The molecular weight excluding hydrogens is 238 g/mol. The van der Waals surface area contributed by atoms with E-state index in [1.165, 1.54) is 13.2 Å². The Balaban J connectivity index is 1.94. The van der Waals surface area contributed by atoms with Crippen molar-refractivity contribution < 1.29 is 23.5 Å². The third-order valence-corrected chi connectivity index (χ3v) is 2.74. The van der Waals surface area contributed by atoms with Crippen LogP contribution in [-0.4, -0.2) is 50.2 Å². The van der Waals surface area contributed by atoms with E-state index >= 15 is 0 Å². The molecular formula is C12H15NO5. The van der Waals surface area contributed by atoms with Crippen molar-refractivity contribution >= 4 is 11.9 Å². The fourth-order valence-electron chi connectivity index (χ4n) is 1.76. The quantitative estimate of drug-likeness (QED) is 0.732. The molecule has 0 N–H and O–H groups in total. The first-order chi connectivity index (χ1) is 8.70. The van der Waals surface area contributed by atoms with Crippen molar-refractivity contribution in [1.82, 2.24) is 4.90 Å². The molecule has 1 aliphatic heterocycles. The standard InChI is InChI=1S/C12H15NO5/c1-16-12(15)10-3-2-9(18-10)8-11(14)13-4-6-17-7-5-13/h2-3H,4-8H2,1H3. The predicted molar refractivity (Wildman–Crippen MR) is 61.2 cm³/mol. The first kappa shape index (κ1) is 12.6. The Bertz CT molecular complexity index is 433. The molecule has 0 bridgehead atoms. The maximum atomic E-state index is 11.9. The smallest absolute Gasteiger partial charge is 0.373 e. The van der Waals surface area contributed by atoms with Crippen LogP contribution >= 0.6 is 0 Å². The van der Waals surface area contributed by atoms with E-state index in [1.54, 1.807) is 11.0 Å². The summed E-state index contributed by atoms with van der Waals surface area (Å²) in [7, 11) is 1.28. The van der Waals surface area contributed by atoms with Crippen molar-refractivity contribution in [2.24, 2.45) is 0 Å². The highest BCUT2D eigenvalue weighted by atomic mass is 16.5. The maximum absolute atomic E-state index is 11.9. The number of carbonyl (C=O) groups is 2. The summed E-state index contributed by atoms with van der Waals surface area (Å²) in [6.45, 7) is 2.33. The number of ether oxygens (including phenoxy) is 2. The minimum absolute atomic E-state index is 0.0240. The van der Waals surface area contributed by atoms with Crippen LogP contribution in [0.5, 0.6) is 0 Å². The zero-order valence-electron chi connectivity index (χ0n) is 10.2. The SMILES string of the molecule is COC(=O)c1ccc(CC(=O)N2CCOCC2)o1. The van der Waals surface area contributed by atoms with Crippen LogP contribution in [0.1, 0.15) is 16.3 Å². The molecule has 18 heavy (non-hydrogen) atoms. The number of nitrogens with zero attached hydrogens (tertiary/aromatic N) is 1. The van der Waals surface area contributed by atoms with Crippen LogP contribution in [0.3, 0.4) is 0 Å². The van der Waals surface area contributed by atoms with Crippen LogP contribution in [0.15, 0.2) is 16.5 Å². The zero-order valence-corrected chi connectivity index (χ0v) is 10.2. The van der Waals surface area contributed by atoms with E-state index in [2.05, 4.69) is 4.74 Å². The van der Waals surface area contributed by atoms with Gasteiger partial charge in [-0.05, 0) is 12.1 Å². The van der Waals surface area contributed by atoms with Gasteiger partial charge in [0.2, 0.25) is 11.7 Å². The van der Waals surface area contributed by atoms with Gasteiger partial charge in [-0.1, -0.05) is 0 Å². The van der Waals surface area contributed by atoms with Gasteiger partial charge in [0.25, 0.3) is 0 Å². The summed E-state index contributed by atoms with van der Waals surface area (Å²) in [5.74, 6) is 0.0123. The normalized spacial score (nSPS) is 15.5. The largest absolute Gasteiger partial charge is 0.463 e. The lowest BCUT2D eigenvalue weighted by atomic mass is 10.3. The van der Waals surface area contributed by atoms with Gasteiger partial charge in [-0.25, -0.2) is 4.79 Å². The van der Waals surface area contributed by atoms with E-state index < -0.39 is 5.97 Å². The Kier molecular flexibility index (Phi) is 3.99. The molecule has 1 aromatic rings. The van der Waals surface area contributed by atoms with E-state index in [0.717, 1.165) is 0 Å². The summed E-state index contributed by atoms with van der Waals surface area (Å²) in [4.78, 5) is 24.8. The van der Waals surface area contributed by atoms with Gasteiger partial charge in [-0.3, -0.25) is 4.79 Å². The van der Waals surface area contributed by atoms with Crippen LogP contribution < -0.4 is 0 Å². The zero-order chi connectivity index (χ0) is 13.0. The molecule has 0 saturated carbocycles. The number of furan rings is 1. The Labute approximate surface area is 104 Å². The van der Waals surface area contributed by atoms with Crippen molar-refractivity contribution in [2.45, 2.75) is 6.42 Å². The second-order valence-corrected chi connectivity index (χ2v) is 3.93. The summed E-state index contributed by atoms with van der Waals surface area (Å²) in [5, 5.41) is 0. The average molecular weight is 253 g/mol. The highest BCUT2D eigenvalue weighted by molar-refractivity contribution is 5.86. The molecule has 0 unspecified atom stereocenters. The molecule has 0 aliphatic carbocycles. The van der Waals surface area contributed by atoms with Crippen molar-refractivity contribution in [3.05, 3.63) is 23.7 Å². The van der Waals surface area contributed by atoms with Crippen LogP contribution in [0.4, 0.5) is 0 Å². The highest BCUT2D eigenvalue weighted by Gasteiger charge is 2.19. The second-order valence-electron chi connectivity index (χ2n) is 3.93. The average Bonchev–Trinajstić information content (AvgIpc) is 2.87. The lowest BCUT2D eigenvalue weighted by Gasteiger charge is -2.26. The lowest BCUT2D eigenvalue weighted by molar-refractivity contribution is -0.134. The minimum atomic E-state index is -0.542. The van der Waals surface area contributed by atoms with E-state index in [0.29, 0.717) is 32.1 Å². The summed E-state index contributed by atoms with van der Waals surface area (Å²) in [6.07, 6.45) is 0.150. The second kappa shape index (κ2) is 5.68. The van der Waals surface area contributed by atoms with E-state index in [1.807, 2.05) is 0 Å². The topological polar surface area (TPSA) is 69.0 Å². The van der Waals surface area contributed by atoms with Gasteiger partial charge in [-0.2, -0.15) is 0 Å². The number of methoxy groups -OCH3 is 1. The Morgan fingerprint density at radius 2 is 2.06 bits per heavy atom. The molecule has 6 heteroatoms. The molecule has 0 spiro atoms. The van der Waals surface area contributed by atoms with Crippen molar-refractivity contribution in [1.29, 1.82) is 0 Å². The van der Waals surface area contributed by atoms with Crippen LogP contribution in [0.25, 0.3) is 0 Å². The highest BCUT2D eigenvalue weighted by Crippen LogP contribution is 2.11. The van der Waals surface area contributed by atoms with Gasteiger partial charge < -0.3 is 18.8 Å². The maximum Gasteiger partial charge on any atom is 0.373 e. The van der Waals surface area contributed by atoms with E-state index in [9.17, 15) is 9.59 Å². The number of hydrogen-bond acceptors (Lipinski definition) is 5. The number of morpholine rings is 1. The van der Waals surface area contributed by atoms with Crippen LogP contribution in [-0.2, 0) is 20.7 Å². The molecule has 98 valence electrons. The summed E-state index contributed by atoms with van der Waals surface area (Å²) >= 11 is 0. The predicted octanol–water partition coefficient (Wildman–Crippen LogP) is 0.468. The van der Waals surface area contributed by atoms with Crippen LogP contribution in [0, 0.1) is 0 Å². The van der Waals surface area contributed by atoms with Gasteiger partial charge >= 0.3 is 5.97 Å². The number of amides is 1. The molecule has 0 radical (unpaired) electrons. The third-order valence-electron chi connectivity index (χ3n) is 2.74. The minimum Gasteiger partial charge on any atom is -0.463 e. The number of rotatable bonds is 3. The Hall–Kier alpha value is -1.82. The molecule has 1 fully saturated rings. The Morgan fingerprint density at radius 1 is 1.33 bits per heavy atom. The Morgan fingerprint density at radius 3 is 2.72 bits per heavy atom. The molecule has 1 amide bonds. The van der Waals surface area contributed by atoms with Crippen molar-refractivity contribution in [3.8, 4) is 0 Å². The van der Waals surface area contributed by atoms with Crippen LogP contribution in [0.2, 0.25) is 0 Å². The third kappa shape index (κ3) is 2.89. The molecule has 1 saturated heterocycles. The molecule has 0 aromatic carbocycles. The van der Waals surface area contributed by atoms with Gasteiger partial charge in [0.1, 0.15) is 5.76 Å². The first-order valence-electron chi connectivity index (χ1n) is 5.73. The van der Waals surface area contributed by atoms with Gasteiger partial charge in [0.15, 0.2) is 0 Å².